The quantitative estimate of drug-likeness (QED) is 0.230. The first kappa shape index (κ1) is 25.0. The number of fused-ring (bicyclic) bond motifs is 8. The summed E-state index contributed by atoms with van der Waals surface area (Å²) >= 11 is 0. The molecule has 1 aromatic heterocycles. The Morgan fingerprint density at radius 3 is 2.32 bits per heavy atom. The predicted molar refractivity (Wildman–Crippen MR) is 186 cm³/mol. The van der Waals surface area contributed by atoms with Gasteiger partial charge in [0, 0.05) is 39.1 Å². The first-order valence-electron chi connectivity index (χ1n) is 15.5. The highest BCUT2D eigenvalue weighted by Crippen LogP contribution is 2.54. The third kappa shape index (κ3) is 3.83. The second kappa shape index (κ2) is 10.0. The van der Waals surface area contributed by atoms with E-state index in [9.17, 15) is 0 Å². The number of anilines is 4. The molecule has 0 fully saturated rings. The number of nitrogens with zero attached hydrogens (tertiary/aromatic N) is 2. The van der Waals surface area contributed by atoms with Gasteiger partial charge in [0.05, 0.1) is 28.6 Å². The van der Waals surface area contributed by atoms with Crippen LogP contribution in [0.4, 0.5) is 22.7 Å². The molecule has 0 saturated carbocycles. The highest BCUT2D eigenvalue weighted by atomic mass is 15.2. The normalized spacial score (nSPS) is 16.3. The molecule has 1 unspecified atom stereocenters. The van der Waals surface area contributed by atoms with Crippen molar-refractivity contribution in [1.82, 2.24) is 4.57 Å². The number of hydrogen-bond acceptors (Lipinski definition) is 2. The highest BCUT2D eigenvalue weighted by molar-refractivity contribution is 6.13. The van der Waals surface area contributed by atoms with Gasteiger partial charge in [-0.25, -0.2) is 0 Å². The van der Waals surface area contributed by atoms with E-state index >= 15 is 0 Å². The average Bonchev–Trinajstić information content (AvgIpc) is 3.38. The van der Waals surface area contributed by atoms with Crippen molar-refractivity contribution < 1.29 is 0 Å². The zero-order valence-corrected chi connectivity index (χ0v) is 24.3. The molecule has 0 radical (unpaired) electrons. The molecule has 2 aliphatic heterocycles. The van der Waals surface area contributed by atoms with E-state index in [4.69, 9.17) is 0 Å². The summed E-state index contributed by atoms with van der Waals surface area (Å²) in [5.74, 6) is 0. The Labute approximate surface area is 257 Å². The minimum atomic E-state index is 0.0952. The smallest absolute Gasteiger partial charge is 0.0702 e. The lowest BCUT2D eigenvalue weighted by atomic mass is 9.98. The van der Waals surface area contributed by atoms with E-state index in [1.165, 1.54) is 67.2 Å². The summed E-state index contributed by atoms with van der Waals surface area (Å²) in [6.07, 6.45) is 13.6. The van der Waals surface area contributed by atoms with E-state index in [0.29, 0.717) is 0 Å². The van der Waals surface area contributed by atoms with Crippen LogP contribution in [-0.2, 0) is 0 Å². The molecular formula is C41H31N3. The Balaban J connectivity index is 1.28. The van der Waals surface area contributed by atoms with Crippen LogP contribution in [0.3, 0.4) is 0 Å². The maximum Gasteiger partial charge on any atom is 0.0702 e. The highest BCUT2D eigenvalue weighted by Gasteiger charge is 2.31. The van der Waals surface area contributed by atoms with Gasteiger partial charge >= 0.3 is 0 Å². The van der Waals surface area contributed by atoms with Gasteiger partial charge < -0.3 is 14.8 Å². The van der Waals surface area contributed by atoms with Crippen LogP contribution in [0.25, 0.3) is 45.1 Å². The minimum Gasteiger partial charge on any atom is -0.374 e. The van der Waals surface area contributed by atoms with Crippen LogP contribution < -0.4 is 10.2 Å². The molecule has 0 bridgehead atoms. The van der Waals surface area contributed by atoms with Gasteiger partial charge in [-0.3, -0.25) is 0 Å². The van der Waals surface area contributed by atoms with E-state index in [-0.39, 0.29) is 6.04 Å². The molecule has 3 heteroatoms. The fraction of sp³-hybridized carbons (Fsp3) is 0.0732. The van der Waals surface area contributed by atoms with Crippen LogP contribution in [0.2, 0.25) is 0 Å². The fourth-order valence-corrected chi connectivity index (χ4v) is 7.20. The first-order chi connectivity index (χ1) is 21.8. The third-order valence-corrected chi connectivity index (χ3v) is 9.15. The van der Waals surface area contributed by atoms with E-state index in [0.717, 1.165) is 18.5 Å². The van der Waals surface area contributed by atoms with Crippen molar-refractivity contribution in [2.75, 3.05) is 10.2 Å². The Hall–Kier alpha value is -5.54. The lowest BCUT2D eigenvalue weighted by molar-refractivity contribution is 0.978. The molecule has 9 rings (SSSR count). The van der Waals surface area contributed by atoms with E-state index in [1.54, 1.807) is 0 Å². The number of hydrogen-bond donors (Lipinski definition) is 1. The Morgan fingerprint density at radius 1 is 0.659 bits per heavy atom. The lowest BCUT2D eigenvalue weighted by Gasteiger charge is -2.29. The van der Waals surface area contributed by atoms with Crippen molar-refractivity contribution in [3.63, 3.8) is 0 Å². The summed E-state index contributed by atoms with van der Waals surface area (Å²) in [4.78, 5) is 2.46. The first-order valence-corrected chi connectivity index (χ1v) is 15.5. The van der Waals surface area contributed by atoms with Crippen molar-refractivity contribution in [3.8, 4) is 22.4 Å². The van der Waals surface area contributed by atoms with Gasteiger partial charge in [0.15, 0.2) is 0 Å². The molecule has 0 amide bonds. The van der Waals surface area contributed by atoms with Crippen molar-refractivity contribution in [2.45, 2.75) is 18.9 Å². The number of rotatable bonds is 3. The topological polar surface area (TPSA) is 20.2 Å². The summed E-state index contributed by atoms with van der Waals surface area (Å²) in [5, 5.41) is 5.02. The van der Waals surface area contributed by atoms with Gasteiger partial charge in [-0.2, -0.15) is 0 Å². The van der Waals surface area contributed by atoms with Crippen LogP contribution in [0.1, 0.15) is 30.0 Å². The fourth-order valence-electron chi connectivity index (χ4n) is 7.20. The molecule has 0 saturated heterocycles. The van der Waals surface area contributed by atoms with Crippen LogP contribution in [0.5, 0.6) is 0 Å². The molecule has 1 N–H and O–H groups in total. The molecule has 3 aliphatic rings. The Morgan fingerprint density at radius 2 is 1.43 bits per heavy atom. The van der Waals surface area contributed by atoms with Gasteiger partial charge in [0.25, 0.3) is 0 Å². The van der Waals surface area contributed by atoms with E-state index in [2.05, 4.69) is 166 Å². The zero-order valence-electron chi connectivity index (χ0n) is 24.3. The second-order valence-corrected chi connectivity index (χ2v) is 11.7. The number of aromatic nitrogens is 1. The predicted octanol–water partition coefficient (Wildman–Crippen LogP) is 11.1. The number of nitrogens with one attached hydrogen (secondary N) is 1. The van der Waals surface area contributed by atoms with Crippen molar-refractivity contribution in [2.24, 2.45) is 0 Å². The molecule has 1 atom stereocenters. The Kier molecular flexibility index (Phi) is 5.70. The molecule has 44 heavy (non-hydrogen) atoms. The standard InChI is InChI=1S/C41H31N3/c1-2-15-30(16-3-1)44-38-23-10-6-19-33(38)40-32-18-5-9-22-37(32)43(39-24-11-7-20-34(39)41(40)44)31-17-12-14-29(27-31)36-26-25-28-13-4-8-21-35(28)42-36/h2,4-27,36,42H,1,3H2. The van der Waals surface area contributed by atoms with E-state index < -0.39 is 0 Å². The molecule has 3 nitrogen and oxygen atoms in total. The number of allylic oxidation sites excluding steroid dienone is 4. The van der Waals surface area contributed by atoms with Gasteiger partial charge in [0.1, 0.15) is 0 Å². The summed E-state index contributed by atoms with van der Waals surface area (Å²) < 4.78 is 2.49. The molecule has 5 aromatic carbocycles. The third-order valence-electron chi connectivity index (χ3n) is 9.15. The van der Waals surface area contributed by atoms with Crippen molar-refractivity contribution in [1.29, 1.82) is 0 Å². The largest absolute Gasteiger partial charge is 0.374 e. The molecule has 3 heterocycles. The van der Waals surface area contributed by atoms with Crippen molar-refractivity contribution in [3.05, 3.63) is 157 Å². The second-order valence-electron chi connectivity index (χ2n) is 11.7. The molecule has 0 spiro atoms. The van der Waals surface area contributed by atoms with Gasteiger partial charge in [0.2, 0.25) is 0 Å². The van der Waals surface area contributed by atoms with E-state index in [1.807, 2.05) is 0 Å². The van der Waals surface area contributed by atoms with Gasteiger partial charge in [-0.1, -0.05) is 109 Å². The van der Waals surface area contributed by atoms with Gasteiger partial charge in [-0.15, -0.1) is 0 Å². The summed E-state index contributed by atoms with van der Waals surface area (Å²) in [6.45, 7) is 0. The molecule has 210 valence electrons. The number of para-hydroxylation sites is 4. The SMILES string of the molecule is C1=CC(n2c3c(c4ccccc42)-c2ccccc2N(c2cccc(C4C=Cc5ccccc5N4)c2)c2ccccc2-3)=CCC1. The summed E-state index contributed by atoms with van der Waals surface area (Å²) in [7, 11) is 0. The monoisotopic (exact) mass is 565 g/mol. The minimum absolute atomic E-state index is 0.0952. The lowest BCUT2D eigenvalue weighted by Crippen LogP contribution is -2.14. The summed E-state index contributed by atoms with van der Waals surface area (Å²) in [6, 6.07) is 44.3. The molecule has 1 aliphatic carbocycles. The Bertz CT molecular complexity index is 2180. The van der Waals surface area contributed by atoms with Crippen LogP contribution in [0.15, 0.2) is 146 Å². The molecular weight excluding hydrogens is 534 g/mol. The van der Waals surface area contributed by atoms with Crippen LogP contribution in [-0.4, -0.2) is 4.57 Å². The molecule has 6 aromatic rings. The average molecular weight is 566 g/mol. The number of benzene rings is 5. The van der Waals surface area contributed by atoms with Crippen LogP contribution >= 0.6 is 0 Å². The maximum atomic E-state index is 3.75. The summed E-state index contributed by atoms with van der Waals surface area (Å²) in [5.41, 5.74) is 14.6. The van der Waals surface area contributed by atoms with Crippen molar-refractivity contribution >= 4 is 45.4 Å². The van der Waals surface area contributed by atoms with Crippen LogP contribution in [0, 0.1) is 0 Å². The maximum absolute atomic E-state index is 3.75. The van der Waals surface area contributed by atoms with Gasteiger partial charge in [-0.05, 0) is 66.4 Å². The zero-order chi connectivity index (χ0) is 29.0.